The molecule has 1 rings (SSSR count). The second-order valence-electron chi connectivity index (χ2n) is 4.90. The average Bonchev–Trinajstić information content (AvgIpc) is 2.42. The van der Waals surface area contributed by atoms with Gasteiger partial charge < -0.3 is 14.6 Å². The predicted octanol–water partition coefficient (Wildman–Crippen LogP) is 2.18. The summed E-state index contributed by atoms with van der Waals surface area (Å²) in [6, 6.07) is 10.1. The SMILES string of the molecule is C=C/C=C(/C(OCCN(C)C)c1ccccc1)N(C)N. The highest BCUT2D eigenvalue weighted by atomic mass is 16.5. The lowest BCUT2D eigenvalue weighted by molar-refractivity contribution is 0.0498. The zero-order valence-electron chi connectivity index (χ0n) is 12.6. The van der Waals surface area contributed by atoms with Crippen molar-refractivity contribution in [3.8, 4) is 0 Å². The van der Waals surface area contributed by atoms with Crippen LogP contribution in [-0.4, -0.2) is 44.2 Å². The van der Waals surface area contributed by atoms with Crippen molar-refractivity contribution in [1.29, 1.82) is 0 Å². The maximum absolute atomic E-state index is 6.04. The van der Waals surface area contributed by atoms with Crippen LogP contribution in [0.4, 0.5) is 0 Å². The smallest absolute Gasteiger partial charge is 0.124 e. The van der Waals surface area contributed by atoms with Gasteiger partial charge in [0.25, 0.3) is 0 Å². The van der Waals surface area contributed by atoms with Gasteiger partial charge in [0.15, 0.2) is 0 Å². The molecule has 0 radical (unpaired) electrons. The van der Waals surface area contributed by atoms with Crippen molar-refractivity contribution in [2.45, 2.75) is 6.10 Å². The van der Waals surface area contributed by atoms with Crippen LogP contribution in [-0.2, 0) is 4.74 Å². The fourth-order valence-electron chi connectivity index (χ4n) is 1.84. The molecule has 20 heavy (non-hydrogen) atoms. The molecule has 0 saturated heterocycles. The Balaban J connectivity index is 2.94. The normalized spacial score (nSPS) is 13.3. The van der Waals surface area contributed by atoms with Gasteiger partial charge in [-0.2, -0.15) is 0 Å². The third-order valence-corrected chi connectivity index (χ3v) is 2.89. The van der Waals surface area contributed by atoms with Crippen molar-refractivity contribution >= 4 is 0 Å². The van der Waals surface area contributed by atoms with Gasteiger partial charge in [-0.1, -0.05) is 43.0 Å². The number of likely N-dealkylation sites (N-methyl/N-ethyl adjacent to an activating group) is 2. The van der Waals surface area contributed by atoms with E-state index < -0.39 is 0 Å². The molecule has 0 heterocycles. The molecule has 1 aromatic carbocycles. The summed E-state index contributed by atoms with van der Waals surface area (Å²) in [5, 5.41) is 1.58. The number of hydrogen-bond acceptors (Lipinski definition) is 4. The second-order valence-corrected chi connectivity index (χ2v) is 4.90. The lowest BCUT2D eigenvalue weighted by Gasteiger charge is -2.27. The molecule has 0 spiro atoms. The van der Waals surface area contributed by atoms with Crippen molar-refractivity contribution in [3.05, 3.63) is 60.3 Å². The molecule has 1 atom stereocenters. The Hall–Kier alpha value is -1.62. The molecule has 0 aliphatic heterocycles. The molecule has 0 bridgehead atoms. The van der Waals surface area contributed by atoms with Gasteiger partial charge in [-0.05, 0) is 25.7 Å². The van der Waals surface area contributed by atoms with Crippen molar-refractivity contribution in [1.82, 2.24) is 9.91 Å². The first kappa shape index (κ1) is 16.4. The van der Waals surface area contributed by atoms with Crippen LogP contribution in [0.25, 0.3) is 0 Å². The summed E-state index contributed by atoms with van der Waals surface area (Å²) in [5.41, 5.74) is 1.96. The van der Waals surface area contributed by atoms with Crippen molar-refractivity contribution in [3.63, 3.8) is 0 Å². The quantitative estimate of drug-likeness (QED) is 0.448. The molecule has 0 fully saturated rings. The summed E-state index contributed by atoms with van der Waals surface area (Å²) in [5.74, 6) is 5.92. The summed E-state index contributed by atoms with van der Waals surface area (Å²) in [4.78, 5) is 2.09. The number of allylic oxidation sites excluding steroid dienone is 2. The molecule has 0 aliphatic carbocycles. The number of hydrazine groups is 1. The van der Waals surface area contributed by atoms with Crippen LogP contribution < -0.4 is 5.84 Å². The van der Waals surface area contributed by atoms with E-state index in [9.17, 15) is 0 Å². The Morgan fingerprint density at radius 2 is 1.95 bits per heavy atom. The van der Waals surface area contributed by atoms with Crippen molar-refractivity contribution in [2.24, 2.45) is 5.84 Å². The predicted molar refractivity (Wildman–Crippen MR) is 83.9 cm³/mol. The summed E-state index contributed by atoms with van der Waals surface area (Å²) in [7, 11) is 5.85. The van der Waals surface area contributed by atoms with E-state index in [1.807, 2.05) is 50.5 Å². The highest BCUT2D eigenvalue weighted by Crippen LogP contribution is 2.26. The van der Waals surface area contributed by atoms with Gasteiger partial charge in [0.2, 0.25) is 0 Å². The molecular weight excluding hydrogens is 250 g/mol. The first-order chi connectivity index (χ1) is 9.56. The number of benzene rings is 1. The molecule has 4 nitrogen and oxygen atoms in total. The fourth-order valence-corrected chi connectivity index (χ4v) is 1.84. The summed E-state index contributed by atoms with van der Waals surface area (Å²) in [6.07, 6.45) is 3.42. The maximum atomic E-state index is 6.04. The minimum Gasteiger partial charge on any atom is -0.366 e. The third kappa shape index (κ3) is 5.17. The second kappa shape index (κ2) is 8.53. The van der Waals surface area contributed by atoms with Crippen LogP contribution in [0, 0.1) is 0 Å². The topological polar surface area (TPSA) is 41.7 Å². The first-order valence-electron chi connectivity index (χ1n) is 6.68. The van der Waals surface area contributed by atoms with E-state index in [0.29, 0.717) is 6.61 Å². The molecule has 1 aromatic rings. The van der Waals surface area contributed by atoms with E-state index in [2.05, 4.69) is 11.5 Å². The number of rotatable bonds is 8. The average molecular weight is 275 g/mol. The van der Waals surface area contributed by atoms with Crippen LogP contribution in [0.5, 0.6) is 0 Å². The molecule has 0 aromatic heterocycles. The summed E-state index contributed by atoms with van der Waals surface area (Å²) >= 11 is 0. The van der Waals surface area contributed by atoms with Gasteiger partial charge in [-0.3, -0.25) is 0 Å². The first-order valence-corrected chi connectivity index (χ1v) is 6.68. The zero-order chi connectivity index (χ0) is 15.0. The van der Waals surface area contributed by atoms with Crippen LogP contribution in [0.2, 0.25) is 0 Å². The number of hydrogen-bond donors (Lipinski definition) is 1. The maximum Gasteiger partial charge on any atom is 0.124 e. The summed E-state index contributed by atoms with van der Waals surface area (Å²) < 4.78 is 6.04. The van der Waals surface area contributed by atoms with Crippen LogP contribution in [0.1, 0.15) is 11.7 Å². The standard InChI is InChI=1S/C16H25N3O/c1-5-9-15(19(4)17)16(20-13-12-18(2)3)14-10-7-6-8-11-14/h5-11,16H,1,12-13,17H2,2-4H3/b15-9-. The van der Waals surface area contributed by atoms with E-state index >= 15 is 0 Å². The van der Waals surface area contributed by atoms with Crippen molar-refractivity contribution < 1.29 is 4.74 Å². The molecule has 2 N–H and O–H groups in total. The Morgan fingerprint density at radius 3 is 2.45 bits per heavy atom. The number of ether oxygens (including phenoxy) is 1. The molecular formula is C16H25N3O. The van der Waals surface area contributed by atoms with Gasteiger partial charge in [0.05, 0.1) is 12.3 Å². The van der Waals surface area contributed by atoms with E-state index in [1.54, 1.807) is 18.1 Å². The monoisotopic (exact) mass is 275 g/mol. The fraction of sp³-hybridized carbons (Fsp3) is 0.375. The van der Waals surface area contributed by atoms with Gasteiger partial charge >= 0.3 is 0 Å². The number of nitrogens with two attached hydrogens (primary N) is 1. The molecule has 4 heteroatoms. The van der Waals surface area contributed by atoms with Crippen LogP contribution >= 0.6 is 0 Å². The van der Waals surface area contributed by atoms with E-state index in [1.165, 1.54) is 0 Å². The van der Waals surface area contributed by atoms with E-state index in [0.717, 1.165) is 17.8 Å². The molecule has 0 aliphatic rings. The highest BCUT2D eigenvalue weighted by Gasteiger charge is 2.19. The minimum absolute atomic E-state index is 0.191. The number of nitrogens with zero attached hydrogens (tertiary/aromatic N) is 2. The van der Waals surface area contributed by atoms with E-state index in [4.69, 9.17) is 10.6 Å². The van der Waals surface area contributed by atoms with Crippen LogP contribution in [0.15, 0.2) is 54.8 Å². The van der Waals surface area contributed by atoms with Gasteiger partial charge in [0.1, 0.15) is 6.10 Å². The Bertz CT molecular complexity index is 427. The Kier molecular flexibility index (Phi) is 7.01. The molecule has 110 valence electrons. The highest BCUT2D eigenvalue weighted by molar-refractivity contribution is 5.27. The van der Waals surface area contributed by atoms with Gasteiger partial charge in [-0.25, -0.2) is 5.84 Å². The lowest BCUT2D eigenvalue weighted by Crippen LogP contribution is -2.31. The zero-order valence-corrected chi connectivity index (χ0v) is 12.6. The molecule has 1 unspecified atom stereocenters. The van der Waals surface area contributed by atoms with Gasteiger partial charge in [-0.15, -0.1) is 0 Å². The van der Waals surface area contributed by atoms with Crippen LogP contribution in [0.3, 0.4) is 0 Å². The third-order valence-electron chi connectivity index (χ3n) is 2.89. The molecule has 0 saturated carbocycles. The van der Waals surface area contributed by atoms with Gasteiger partial charge in [0, 0.05) is 13.6 Å². The summed E-state index contributed by atoms with van der Waals surface area (Å²) in [6.45, 7) is 5.24. The lowest BCUT2D eigenvalue weighted by atomic mass is 10.1. The molecule has 0 amide bonds. The largest absolute Gasteiger partial charge is 0.366 e. The Morgan fingerprint density at radius 1 is 1.30 bits per heavy atom. The Labute approximate surface area is 122 Å². The minimum atomic E-state index is -0.191. The van der Waals surface area contributed by atoms with Crippen molar-refractivity contribution in [2.75, 3.05) is 34.3 Å². The van der Waals surface area contributed by atoms with E-state index in [-0.39, 0.29) is 6.10 Å².